The van der Waals surface area contributed by atoms with E-state index in [1.807, 2.05) is 6.07 Å². The Morgan fingerprint density at radius 2 is 1.57 bits per heavy atom. The molecule has 2 N–H and O–H groups in total. The quantitative estimate of drug-likeness (QED) is 0.548. The number of amides is 2. The minimum atomic E-state index is -1.35. The van der Waals surface area contributed by atoms with Gasteiger partial charge in [0.05, 0.1) is 11.5 Å². The van der Waals surface area contributed by atoms with Crippen molar-refractivity contribution < 1.29 is 19.5 Å². The molecule has 0 saturated heterocycles. The molecule has 0 radical (unpaired) electrons. The lowest BCUT2D eigenvalue weighted by Crippen LogP contribution is -2.31. The highest BCUT2D eigenvalue weighted by atomic mass is 79.9. The fourth-order valence-electron chi connectivity index (χ4n) is 2.63. The van der Waals surface area contributed by atoms with Crippen molar-refractivity contribution in [2.45, 2.75) is 0 Å². The Kier molecular flexibility index (Phi) is 6.77. The van der Waals surface area contributed by atoms with Crippen LogP contribution in [0, 0.1) is 0 Å². The fraction of sp³-hybridized carbons (Fsp3) is 0. The summed E-state index contributed by atoms with van der Waals surface area (Å²) in [5, 5.41) is 16.3. The summed E-state index contributed by atoms with van der Waals surface area (Å²) < 4.78 is 0.587. The van der Waals surface area contributed by atoms with Gasteiger partial charge in [0.1, 0.15) is 5.70 Å². The van der Waals surface area contributed by atoms with Crippen molar-refractivity contribution in [3.8, 4) is 0 Å². The summed E-state index contributed by atoms with van der Waals surface area (Å²) >= 11 is 3.32. The number of benzene rings is 3. The van der Waals surface area contributed by atoms with E-state index >= 15 is 0 Å². The number of aromatic carboxylic acids is 1. The van der Waals surface area contributed by atoms with Crippen LogP contribution in [0.1, 0.15) is 26.3 Å². The van der Waals surface area contributed by atoms with Crippen LogP contribution in [-0.2, 0) is 4.79 Å². The Hall–Kier alpha value is -3.71. The lowest BCUT2D eigenvalue weighted by molar-refractivity contribution is -0.255. The first kappa shape index (κ1) is 21.0. The maximum atomic E-state index is 12.9. The predicted octanol–water partition coefficient (Wildman–Crippen LogP) is 3.22. The zero-order valence-corrected chi connectivity index (χ0v) is 17.2. The minimum absolute atomic E-state index is 0.000746. The van der Waals surface area contributed by atoms with Crippen molar-refractivity contribution in [2.75, 3.05) is 5.32 Å². The molecule has 0 unspecified atom stereocenters. The zero-order chi connectivity index (χ0) is 21.5. The molecule has 3 aromatic rings. The molecule has 0 spiro atoms. The first-order chi connectivity index (χ1) is 14.4. The average molecular weight is 464 g/mol. The molecule has 0 aliphatic heterocycles. The van der Waals surface area contributed by atoms with E-state index in [9.17, 15) is 19.5 Å². The molecule has 0 aromatic heterocycles. The summed E-state index contributed by atoms with van der Waals surface area (Å²) in [6.07, 6.45) is 1.53. The van der Waals surface area contributed by atoms with Crippen molar-refractivity contribution in [3.63, 3.8) is 0 Å². The van der Waals surface area contributed by atoms with E-state index in [-0.39, 0.29) is 16.9 Å². The molecule has 0 fully saturated rings. The van der Waals surface area contributed by atoms with Crippen LogP contribution in [-0.4, -0.2) is 17.8 Å². The highest BCUT2D eigenvalue weighted by Gasteiger charge is 2.16. The molecule has 7 heteroatoms. The second kappa shape index (κ2) is 9.67. The first-order valence-electron chi connectivity index (χ1n) is 8.89. The van der Waals surface area contributed by atoms with E-state index in [2.05, 4.69) is 26.6 Å². The highest BCUT2D eigenvalue weighted by molar-refractivity contribution is 9.10. The monoisotopic (exact) mass is 463 g/mol. The number of carboxylic acid groups (broad SMARTS) is 1. The Bertz CT molecular complexity index is 1130. The van der Waals surface area contributed by atoms with Crippen molar-refractivity contribution in [1.82, 2.24) is 5.32 Å². The van der Waals surface area contributed by atoms with Crippen LogP contribution < -0.4 is 15.7 Å². The molecule has 0 aliphatic rings. The SMILES string of the molecule is O=C(Nc1cccc(C(=O)[O-])c1)/C(=C/c1ccccc1)NC(=O)c1ccccc1Br. The third kappa shape index (κ3) is 5.42. The maximum absolute atomic E-state index is 12.9. The van der Waals surface area contributed by atoms with Crippen molar-refractivity contribution in [2.24, 2.45) is 0 Å². The number of anilines is 1. The number of nitrogens with one attached hydrogen (secondary N) is 2. The summed E-state index contributed by atoms with van der Waals surface area (Å²) in [5.41, 5.74) is 1.26. The molecule has 2 amide bonds. The summed E-state index contributed by atoms with van der Waals surface area (Å²) in [6, 6.07) is 21.5. The van der Waals surface area contributed by atoms with Crippen LogP contribution in [0.25, 0.3) is 6.08 Å². The molecule has 3 rings (SSSR count). The van der Waals surface area contributed by atoms with E-state index in [0.29, 0.717) is 15.6 Å². The molecule has 0 bridgehead atoms. The number of hydrogen-bond acceptors (Lipinski definition) is 4. The van der Waals surface area contributed by atoms with E-state index in [1.54, 1.807) is 54.6 Å². The Balaban J connectivity index is 1.89. The molecule has 30 heavy (non-hydrogen) atoms. The van der Waals surface area contributed by atoms with E-state index in [4.69, 9.17) is 0 Å². The van der Waals surface area contributed by atoms with Crippen molar-refractivity contribution in [3.05, 3.63) is 106 Å². The summed E-state index contributed by atoms with van der Waals surface area (Å²) in [7, 11) is 0. The minimum Gasteiger partial charge on any atom is -0.545 e. The second-order valence-electron chi connectivity index (χ2n) is 6.23. The van der Waals surface area contributed by atoms with Crippen molar-refractivity contribution >= 4 is 45.5 Å². The van der Waals surface area contributed by atoms with Gasteiger partial charge in [0.15, 0.2) is 0 Å². The van der Waals surface area contributed by atoms with Gasteiger partial charge < -0.3 is 20.5 Å². The number of carboxylic acids is 1. The van der Waals surface area contributed by atoms with Crippen LogP contribution in [0.2, 0.25) is 0 Å². The lowest BCUT2D eigenvalue weighted by atomic mass is 10.1. The molecule has 150 valence electrons. The first-order valence-corrected chi connectivity index (χ1v) is 9.69. The number of carbonyl (C=O) groups is 3. The van der Waals surface area contributed by atoms with Crippen LogP contribution in [0.4, 0.5) is 5.69 Å². The topological polar surface area (TPSA) is 98.3 Å². The van der Waals surface area contributed by atoms with Gasteiger partial charge in [0.25, 0.3) is 11.8 Å². The van der Waals surface area contributed by atoms with Gasteiger partial charge >= 0.3 is 0 Å². The third-order valence-electron chi connectivity index (χ3n) is 4.08. The van der Waals surface area contributed by atoms with E-state index in [1.165, 1.54) is 24.3 Å². The molecule has 3 aromatic carbocycles. The molecule has 0 aliphatic carbocycles. The average Bonchev–Trinajstić information content (AvgIpc) is 2.74. The van der Waals surface area contributed by atoms with Gasteiger partial charge in [0.2, 0.25) is 0 Å². The molecular formula is C23H16BrN2O4-. The zero-order valence-electron chi connectivity index (χ0n) is 15.6. The van der Waals surface area contributed by atoms with Gasteiger partial charge in [-0.25, -0.2) is 0 Å². The number of hydrogen-bond donors (Lipinski definition) is 2. The molecule has 0 atom stereocenters. The van der Waals surface area contributed by atoms with Crippen LogP contribution in [0.3, 0.4) is 0 Å². The van der Waals surface area contributed by atoms with E-state index in [0.717, 1.165) is 0 Å². The maximum Gasteiger partial charge on any atom is 0.272 e. The summed E-state index contributed by atoms with van der Waals surface area (Å²) in [4.78, 5) is 36.7. The van der Waals surface area contributed by atoms with Crippen molar-refractivity contribution in [1.29, 1.82) is 0 Å². The van der Waals surface area contributed by atoms with E-state index < -0.39 is 17.8 Å². The van der Waals surface area contributed by atoms with Crippen LogP contribution in [0.5, 0.6) is 0 Å². The molecule has 6 nitrogen and oxygen atoms in total. The lowest BCUT2D eigenvalue weighted by Gasteiger charge is -2.13. The van der Waals surface area contributed by atoms with Gasteiger partial charge in [-0.05, 0) is 57.4 Å². The predicted molar refractivity (Wildman–Crippen MR) is 115 cm³/mol. The molecule has 0 heterocycles. The smallest absolute Gasteiger partial charge is 0.272 e. The molecule has 0 saturated carbocycles. The molecular weight excluding hydrogens is 448 g/mol. The number of rotatable bonds is 6. The van der Waals surface area contributed by atoms with Crippen LogP contribution in [0.15, 0.2) is 89.0 Å². The third-order valence-corrected chi connectivity index (χ3v) is 4.77. The number of carbonyl (C=O) groups excluding carboxylic acids is 3. The largest absolute Gasteiger partial charge is 0.545 e. The van der Waals surface area contributed by atoms with Gasteiger partial charge in [-0.15, -0.1) is 0 Å². The fourth-order valence-corrected chi connectivity index (χ4v) is 3.10. The van der Waals surface area contributed by atoms with Gasteiger partial charge in [-0.3, -0.25) is 9.59 Å². The Morgan fingerprint density at radius 3 is 2.27 bits per heavy atom. The highest BCUT2D eigenvalue weighted by Crippen LogP contribution is 2.17. The van der Waals surface area contributed by atoms with Gasteiger partial charge in [-0.1, -0.05) is 54.6 Å². The van der Waals surface area contributed by atoms with Gasteiger partial charge in [0, 0.05) is 10.2 Å². The number of halogens is 1. The second-order valence-corrected chi connectivity index (χ2v) is 7.08. The summed E-state index contributed by atoms with van der Waals surface area (Å²) in [6.45, 7) is 0. The van der Waals surface area contributed by atoms with Crippen LogP contribution >= 0.6 is 15.9 Å². The Morgan fingerprint density at radius 1 is 0.867 bits per heavy atom. The summed E-state index contributed by atoms with van der Waals surface area (Å²) in [5.74, 6) is -2.42. The van der Waals surface area contributed by atoms with Gasteiger partial charge in [-0.2, -0.15) is 0 Å². The standard InChI is InChI=1S/C23H17BrN2O4/c24-19-12-5-4-11-18(19)21(27)26-20(13-15-7-2-1-3-8-15)22(28)25-17-10-6-9-16(14-17)23(29)30/h1-14H,(H,25,28)(H,26,27)(H,29,30)/p-1/b20-13-. The Labute approximate surface area is 181 Å². The normalized spacial score (nSPS) is 10.9.